The quantitative estimate of drug-likeness (QED) is 0.176. The van der Waals surface area contributed by atoms with Crippen molar-refractivity contribution in [1.82, 2.24) is 0 Å². The van der Waals surface area contributed by atoms with Gasteiger partial charge in [0.05, 0.1) is 12.0 Å². The summed E-state index contributed by atoms with van der Waals surface area (Å²) in [6.07, 6.45) is 12.4. The van der Waals surface area contributed by atoms with E-state index in [-0.39, 0.29) is 46.5 Å². The zero-order valence-electron chi connectivity index (χ0n) is 28.1. The van der Waals surface area contributed by atoms with Crippen molar-refractivity contribution in [2.75, 3.05) is 6.61 Å². The molecule has 0 heterocycles. The molecule has 0 amide bonds. The van der Waals surface area contributed by atoms with Crippen molar-refractivity contribution in [3.63, 3.8) is 0 Å². The molecule has 5 aliphatic carbocycles. The van der Waals surface area contributed by atoms with Crippen molar-refractivity contribution in [2.24, 2.45) is 63.1 Å². The molecule has 45 heavy (non-hydrogen) atoms. The van der Waals surface area contributed by atoms with Gasteiger partial charge in [0.1, 0.15) is 12.4 Å². The summed E-state index contributed by atoms with van der Waals surface area (Å²) in [5.41, 5.74) is 1.15. The molecule has 6 heteroatoms. The van der Waals surface area contributed by atoms with Gasteiger partial charge in [0.2, 0.25) is 0 Å². The fraction of sp³-hybridized carbons (Fsp3) is 0.692. The highest BCUT2D eigenvalue weighted by molar-refractivity contribution is 5.87. The lowest BCUT2D eigenvalue weighted by molar-refractivity contribution is -0.217. The van der Waals surface area contributed by atoms with Gasteiger partial charge in [-0.3, -0.25) is 4.79 Å². The summed E-state index contributed by atoms with van der Waals surface area (Å²) in [6, 6.07) is 6.67. The highest BCUT2D eigenvalue weighted by Crippen LogP contribution is 2.75. The zero-order chi connectivity index (χ0) is 32.5. The van der Waals surface area contributed by atoms with E-state index in [1.165, 1.54) is 11.6 Å². The first-order chi connectivity index (χ1) is 21.2. The number of phenolic OH excluding ortho intramolecular Hbond substituents is 1. The number of phenols is 1. The largest absolute Gasteiger partial charge is 0.508 e. The van der Waals surface area contributed by atoms with Crippen LogP contribution in [0.5, 0.6) is 5.75 Å². The molecule has 1 aromatic rings. The highest BCUT2D eigenvalue weighted by Gasteiger charge is 2.70. The van der Waals surface area contributed by atoms with Crippen LogP contribution in [0.4, 0.5) is 0 Å². The van der Waals surface area contributed by atoms with Crippen molar-refractivity contribution in [3.05, 3.63) is 47.6 Å². The Hall–Kier alpha value is -2.60. The van der Waals surface area contributed by atoms with Crippen molar-refractivity contribution < 1.29 is 29.6 Å². The molecule has 0 bridgehead atoms. The Morgan fingerprint density at radius 1 is 0.978 bits per heavy atom. The Bertz CT molecular complexity index is 1380. The number of carboxylic acids is 1. The summed E-state index contributed by atoms with van der Waals surface area (Å²) in [6.45, 7) is 14.1. The molecule has 11 atom stereocenters. The van der Waals surface area contributed by atoms with Crippen LogP contribution in [-0.4, -0.2) is 40.0 Å². The molecule has 4 fully saturated rings. The van der Waals surface area contributed by atoms with E-state index in [1.807, 2.05) is 0 Å². The predicted molar refractivity (Wildman–Crippen MR) is 175 cm³/mol. The molecule has 0 aromatic heterocycles. The van der Waals surface area contributed by atoms with E-state index in [1.54, 1.807) is 30.3 Å². The molecule has 1 aromatic carbocycles. The van der Waals surface area contributed by atoms with Gasteiger partial charge in [0, 0.05) is 11.5 Å². The van der Waals surface area contributed by atoms with Gasteiger partial charge in [0.15, 0.2) is 0 Å². The Kier molecular flexibility index (Phi) is 8.11. The number of carbonyl (C=O) groups excluding carboxylic acids is 1. The second kappa shape index (κ2) is 11.3. The van der Waals surface area contributed by atoms with Crippen LogP contribution in [0.3, 0.4) is 0 Å². The van der Waals surface area contributed by atoms with Gasteiger partial charge >= 0.3 is 11.9 Å². The molecule has 6 nitrogen and oxygen atoms in total. The Morgan fingerprint density at radius 3 is 2.38 bits per heavy atom. The maximum absolute atomic E-state index is 13.4. The summed E-state index contributed by atoms with van der Waals surface area (Å²) >= 11 is 0. The fourth-order valence-corrected chi connectivity index (χ4v) is 11.9. The molecule has 0 aliphatic heterocycles. The third-order valence-electron chi connectivity index (χ3n) is 14.7. The molecule has 6 rings (SSSR count). The van der Waals surface area contributed by atoms with Gasteiger partial charge in [-0.15, -0.1) is 0 Å². The normalized spacial score (nSPS) is 43.7. The van der Waals surface area contributed by atoms with Gasteiger partial charge in [-0.2, -0.15) is 0 Å². The first kappa shape index (κ1) is 32.3. The molecule has 0 spiro atoms. The fourth-order valence-electron chi connectivity index (χ4n) is 11.9. The van der Waals surface area contributed by atoms with Crippen molar-refractivity contribution in [2.45, 2.75) is 99.0 Å². The Morgan fingerprint density at radius 2 is 1.69 bits per heavy atom. The van der Waals surface area contributed by atoms with Crippen LogP contribution in [-0.2, 0) is 14.3 Å². The predicted octanol–water partition coefficient (Wildman–Crippen LogP) is 7.89. The SMILES string of the molecule is CC1CCC2C(C(=O)O)CC3(COC(=O)C=Cc4ccc(O)cc4)C(=CCC4C5(C)CCC(O)C(C)(C)C5CCC43C)C2C1C. The number of carboxylic acid groups (broad SMARTS) is 1. The summed E-state index contributed by atoms with van der Waals surface area (Å²) in [7, 11) is 0. The van der Waals surface area contributed by atoms with E-state index < -0.39 is 23.3 Å². The summed E-state index contributed by atoms with van der Waals surface area (Å²) in [5.74, 6) is 0.366. The van der Waals surface area contributed by atoms with Crippen LogP contribution >= 0.6 is 0 Å². The average molecular weight is 619 g/mol. The number of ether oxygens (including phenoxy) is 1. The number of hydrogen-bond donors (Lipinski definition) is 3. The van der Waals surface area contributed by atoms with E-state index in [2.05, 4.69) is 47.6 Å². The number of esters is 1. The molecular formula is C39H54O6. The zero-order valence-corrected chi connectivity index (χ0v) is 28.1. The van der Waals surface area contributed by atoms with Crippen molar-refractivity contribution >= 4 is 18.0 Å². The third-order valence-corrected chi connectivity index (χ3v) is 14.7. The summed E-state index contributed by atoms with van der Waals surface area (Å²) < 4.78 is 6.25. The second-order valence-corrected chi connectivity index (χ2v) is 16.7. The molecule has 0 saturated heterocycles. The number of rotatable bonds is 5. The number of aromatic hydroxyl groups is 1. The van der Waals surface area contributed by atoms with Crippen LogP contribution in [0.2, 0.25) is 0 Å². The van der Waals surface area contributed by atoms with Crippen LogP contribution < -0.4 is 0 Å². The number of aliphatic hydroxyl groups excluding tert-OH is 1. The Balaban J connectivity index is 1.43. The minimum atomic E-state index is -0.712. The van der Waals surface area contributed by atoms with Crippen molar-refractivity contribution in [3.8, 4) is 5.75 Å². The van der Waals surface area contributed by atoms with Gasteiger partial charge in [0.25, 0.3) is 0 Å². The van der Waals surface area contributed by atoms with Crippen LogP contribution in [0.25, 0.3) is 6.08 Å². The van der Waals surface area contributed by atoms with Crippen LogP contribution in [0.1, 0.15) is 98.5 Å². The topological polar surface area (TPSA) is 104 Å². The van der Waals surface area contributed by atoms with Gasteiger partial charge < -0.3 is 20.1 Å². The number of carbonyl (C=O) groups is 2. The first-order valence-electron chi connectivity index (χ1n) is 17.4. The molecule has 4 saturated carbocycles. The van der Waals surface area contributed by atoms with Gasteiger partial charge in [-0.1, -0.05) is 71.7 Å². The summed E-state index contributed by atoms with van der Waals surface area (Å²) in [4.78, 5) is 26.5. The minimum absolute atomic E-state index is 0.00538. The summed E-state index contributed by atoms with van der Waals surface area (Å²) in [5, 5.41) is 31.5. The lowest BCUT2D eigenvalue weighted by Crippen LogP contribution is -2.66. The third kappa shape index (κ3) is 4.91. The molecule has 3 N–H and O–H groups in total. The maximum Gasteiger partial charge on any atom is 0.330 e. The van der Waals surface area contributed by atoms with Gasteiger partial charge in [-0.25, -0.2) is 4.79 Å². The molecule has 0 radical (unpaired) electrons. The van der Waals surface area contributed by atoms with Crippen LogP contribution in [0.15, 0.2) is 42.0 Å². The number of fused-ring (bicyclic) bond motifs is 7. The highest BCUT2D eigenvalue weighted by atomic mass is 16.5. The average Bonchev–Trinajstić information content (AvgIpc) is 2.99. The van der Waals surface area contributed by atoms with E-state index >= 15 is 0 Å². The Labute approximate surface area is 269 Å². The smallest absolute Gasteiger partial charge is 0.330 e. The number of benzene rings is 1. The van der Waals surface area contributed by atoms with E-state index in [0.717, 1.165) is 50.5 Å². The second-order valence-electron chi connectivity index (χ2n) is 16.7. The lowest BCUT2D eigenvalue weighted by Gasteiger charge is -2.71. The lowest BCUT2D eigenvalue weighted by atomic mass is 9.33. The molecular weight excluding hydrogens is 564 g/mol. The van der Waals surface area contributed by atoms with Gasteiger partial charge in [-0.05, 0) is 120 Å². The molecule has 246 valence electrons. The number of allylic oxidation sites excluding steroid dienone is 1. The van der Waals surface area contributed by atoms with E-state index in [0.29, 0.717) is 30.1 Å². The minimum Gasteiger partial charge on any atom is -0.508 e. The molecule has 11 unspecified atom stereocenters. The number of hydrogen-bond acceptors (Lipinski definition) is 5. The maximum atomic E-state index is 13.4. The first-order valence-corrected chi connectivity index (χ1v) is 17.4. The van der Waals surface area contributed by atoms with E-state index in [9.17, 15) is 24.9 Å². The van der Waals surface area contributed by atoms with Crippen LogP contribution in [0, 0.1) is 63.1 Å². The monoisotopic (exact) mass is 618 g/mol. The molecule has 5 aliphatic rings. The number of aliphatic hydroxyl groups is 1. The van der Waals surface area contributed by atoms with Crippen molar-refractivity contribution in [1.29, 1.82) is 0 Å². The number of aliphatic carboxylic acids is 1. The van der Waals surface area contributed by atoms with E-state index in [4.69, 9.17) is 4.74 Å². The standard InChI is InChI=1S/C39H54O6/c1-23-7-13-27-28(35(43)44)21-39(22-45-33(42)16-10-25-8-11-26(40)12-9-25)29(34(27)24(23)2)14-15-31-37(5)19-18-32(41)36(3,4)30(37)17-20-38(31,39)6/h8-12,14,16,23-24,27-28,30-32,34,40-41H,7,13,15,17-22H2,1-6H3,(H,43,44).